The van der Waals surface area contributed by atoms with E-state index in [1.807, 2.05) is 13.8 Å². The van der Waals surface area contributed by atoms with Gasteiger partial charge in [-0.25, -0.2) is 0 Å². The number of aliphatic imine (C=N–C) groups is 1. The predicted octanol–water partition coefficient (Wildman–Crippen LogP) is 3.17. The molecule has 0 bridgehead atoms. The summed E-state index contributed by atoms with van der Waals surface area (Å²) >= 11 is 0. The van der Waals surface area contributed by atoms with E-state index < -0.39 is 6.72 Å². The zero-order chi connectivity index (χ0) is 10.9. The summed E-state index contributed by atoms with van der Waals surface area (Å²) in [6, 6.07) is 0. The number of nitrogens with one attached hydrogen (secondary N) is 1. The third-order valence-electron chi connectivity index (χ3n) is 1.17. The SMILES string of the molecule is CCCN=CNP(=O)(OC)SSCC. The molecule has 0 aliphatic carbocycles. The van der Waals surface area contributed by atoms with Gasteiger partial charge in [-0.2, -0.15) is 0 Å². The fourth-order valence-electron chi connectivity index (χ4n) is 0.532. The van der Waals surface area contributed by atoms with E-state index in [-0.39, 0.29) is 0 Å². The average Bonchev–Trinajstić information content (AvgIpc) is 2.22. The first-order valence-electron chi connectivity index (χ1n) is 4.41. The Morgan fingerprint density at radius 1 is 1.57 bits per heavy atom. The first-order chi connectivity index (χ1) is 6.68. The minimum Gasteiger partial charge on any atom is -0.309 e. The van der Waals surface area contributed by atoms with Crippen molar-refractivity contribution < 1.29 is 9.09 Å². The van der Waals surface area contributed by atoms with Gasteiger partial charge in [0.15, 0.2) is 0 Å². The number of rotatable bonds is 8. The highest BCUT2D eigenvalue weighted by Crippen LogP contribution is 2.60. The van der Waals surface area contributed by atoms with E-state index in [9.17, 15) is 4.57 Å². The Morgan fingerprint density at radius 3 is 2.79 bits per heavy atom. The maximum absolute atomic E-state index is 11.8. The van der Waals surface area contributed by atoms with Gasteiger partial charge in [-0.3, -0.25) is 14.6 Å². The van der Waals surface area contributed by atoms with Crippen molar-refractivity contribution in [1.82, 2.24) is 5.09 Å². The standard InChI is InChI=1S/C7H17N2O2PS2/c1-4-6-8-7-9-12(10,11-3)14-13-5-2/h7H,4-6H2,1-3H3,(H,8,9,10). The van der Waals surface area contributed by atoms with Crippen LogP contribution in [0.5, 0.6) is 0 Å². The van der Waals surface area contributed by atoms with Gasteiger partial charge in [0.2, 0.25) is 0 Å². The fraction of sp³-hybridized carbons (Fsp3) is 0.857. The highest BCUT2D eigenvalue weighted by molar-refractivity contribution is 8.99. The Morgan fingerprint density at radius 2 is 2.29 bits per heavy atom. The molecule has 4 nitrogen and oxygen atoms in total. The Labute approximate surface area is 93.3 Å². The van der Waals surface area contributed by atoms with Crippen molar-refractivity contribution >= 4 is 34.3 Å². The molecule has 0 radical (unpaired) electrons. The molecule has 0 saturated carbocycles. The van der Waals surface area contributed by atoms with Gasteiger partial charge in [0, 0.05) is 29.8 Å². The van der Waals surface area contributed by atoms with Gasteiger partial charge in [-0.1, -0.05) is 24.6 Å². The molecule has 0 saturated heterocycles. The van der Waals surface area contributed by atoms with Gasteiger partial charge in [0.25, 0.3) is 0 Å². The Balaban J connectivity index is 3.92. The molecule has 14 heavy (non-hydrogen) atoms. The Hall–Kier alpha value is 0.360. The van der Waals surface area contributed by atoms with Gasteiger partial charge in [-0.15, -0.1) is 0 Å². The summed E-state index contributed by atoms with van der Waals surface area (Å²) in [5, 5.41) is 2.70. The summed E-state index contributed by atoms with van der Waals surface area (Å²) in [5.41, 5.74) is 0. The van der Waals surface area contributed by atoms with Crippen LogP contribution >= 0.6 is 27.9 Å². The topological polar surface area (TPSA) is 50.7 Å². The van der Waals surface area contributed by atoms with E-state index in [0.717, 1.165) is 18.7 Å². The maximum Gasteiger partial charge on any atom is 0.361 e. The first-order valence-corrected chi connectivity index (χ1v) is 8.96. The summed E-state index contributed by atoms with van der Waals surface area (Å²) in [4.78, 5) is 4.02. The zero-order valence-corrected chi connectivity index (χ0v) is 11.3. The van der Waals surface area contributed by atoms with E-state index in [1.165, 1.54) is 34.7 Å². The van der Waals surface area contributed by atoms with Crippen molar-refractivity contribution in [3.8, 4) is 0 Å². The molecule has 0 fully saturated rings. The van der Waals surface area contributed by atoms with Crippen LogP contribution in [0.15, 0.2) is 4.99 Å². The molecule has 0 spiro atoms. The summed E-state index contributed by atoms with van der Waals surface area (Å²) < 4.78 is 16.7. The minimum atomic E-state index is -2.78. The maximum atomic E-state index is 11.8. The molecule has 1 atom stereocenters. The second-order valence-electron chi connectivity index (χ2n) is 2.33. The molecule has 7 heteroatoms. The molecular formula is C7H17N2O2PS2. The molecule has 0 amide bonds. The van der Waals surface area contributed by atoms with Crippen molar-refractivity contribution in [2.75, 3.05) is 19.4 Å². The molecule has 1 N–H and O–H groups in total. The summed E-state index contributed by atoms with van der Waals surface area (Å²) in [5.74, 6) is 0.895. The van der Waals surface area contributed by atoms with Crippen molar-refractivity contribution in [2.24, 2.45) is 4.99 Å². The van der Waals surface area contributed by atoms with Crippen LogP contribution in [0.25, 0.3) is 0 Å². The Bertz CT molecular complexity index is 214. The molecule has 0 aliphatic heterocycles. The monoisotopic (exact) mass is 256 g/mol. The highest BCUT2D eigenvalue weighted by atomic mass is 33.3. The van der Waals surface area contributed by atoms with Gasteiger partial charge in [0.1, 0.15) is 0 Å². The van der Waals surface area contributed by atoms with Gasteiger partial charge >= 0.3 is 6.72 Å². The molecule has 1 unspecified atom stereocenters. The molecule has 0 aromatic heterocycles. The predicted molar refractivity (Wildman–Crippen MR) is 67.1 cm³/mol. The van der Waals surface area contributed by atoms with Crippen LogP contribution < -0.4 is 5.09 Å². The first kappa shape index (κ1) is 14.4. The quantitative estimate of drug-likeness (QED) is 0.313. The van der Waals surface area contributed by atoms with Crippen LogP contribution in [0, 0.1) is 0 Å². The van der Waals surface area contributed by atoms with Crippen molar-refractivity contribution in [3.63, 3.8) is 0 Å². The van der Waals surface area contributed by atoms with Crippen LogP contribution in [0.3, 0.4) is 0 Å². The molecule has 0 aliphatic rings. The van der Waals surface area contributed by atoms with Gasteiger partial charge in [0.05, 0.1) is 6.34 Å². The number of hydrogen-bond acceptors (Lipinski definition) is 5. The molecule has 0 aromatic rings. The lowest BCUT2D eigenvalue weighted by molar-refractivity contribution is 0.406. The van der Waals surface area contributed by atoms with Crippen LogP contribution in [0.4, 0.5) is 0 Å². The van der Waals surface area contributed by atoms with E-state index >= 15 is 0 Å². The summed E-state index contributed by atoms with van der Waals surface area (Å²) in [6.45, 7) is 2.00. The van der Waals surface area contributed by atoms with Crippen molar-refractivity contribution in [2.45, 2.75) is 20.3 Å². The van der Waals surface area contributed by atoms with Crippen molar-refractivity contribution in [1.29, 1.82) is 0 Å². The third-order valence-corrected chi connectivity index (χ3v) is 7.71. The lowest BCUT2D eigenvalue weighted by atomic mass is 10.5. The minimum absolute atomic E-state index is 0.738. The lowest BCUT2D eigenvalue weighted by Gasteiger charge is -2.12. The molecule has 0 aromatic carbocycles. The van der Waals surface area contributed by atoms with Crippen LogP contribution in [-0.4, -0.2) is 25.7 Å². The van der Waals surface area contributed by atoms with E-state index in [0.29, 0.717) is 0 Å². The van der Waals surface area contributed by atoms with E-state index in [1.54, 1.807) is 0 Å². The Kier molecular flexibility index (Phi) is 8.87. The lowest BCUT2D eigenvalue weighted by Crippen LogP contribution is -2.06. The second kappa shape index (κ2) is 8.65. The fourth-order valence-corrected chi connectivity index (χ4v) is 5.53. The second-order valence-corrected chi connectivity index (χ2v) is 8.84. The van der Waals surface area contributed by atoms with Crippen LogP contribution in [0.2, 0.25) is 0 Å². The van der Waals surface area contributed by atoms with Gasteiger partial charge < -0.3 is 4.52 Å². The van der Waals surface area contributed by atoms with Crippen LogP contribution in [-0.2, 0) is 9.09 Å². The number of hydrogen-bond donors (Lipinski definition) is 1. The van der Waals surface area contributed by atoms with Gasteiger partial charge in [-0.05, 0) is 6.42 Å². The van der Waals surface area contributed by atoms with E-state index in [2.05, 4.69) is 10.1 Å². The number of nitrogens with zero attached hydrogens (tertiary/aromatic N) is 1. The van der Waals surface area contributed by atoms with Crippen molar-refractivity contribution in [3.05, 3.63) is 0 Å². The van der Waals surface area contributed by atoms with Crippen LogP contribution in [0.1, 0.15) is 20.3 Å². The molecular weight excluding hydrogens is 239 g/mol. The smallest absolute Gasteiger partial charge is 0.309 e. The molecule has 84 valence electrons. The highest BCUT2D eigenvalue weighted by Gasteiger charge is 2.20. The average molecular weight is 256 g/mol. The molecule has 0 rings (SSSR count). The van der Waals surface area contributed by atoms with E-state index in [4.69, 9.17) is 4.52 Å². The summed E-state index contributed by atoms with van der Waals surface area (Å²) in [7, 11) is 4.17. The molecule has 0 heterocycles. The normalized spacial score (nSPS) is 15.6. The third kappa shape index (κ3) is 6.76. The zero-order valence-electron chi connectivity index (χ0n) is 8.73. The largest absolute Gasteiger partial charge is 0.361 e. The summed E-state index contributed by atoms with van der Waals surface area (Å²) in [6.07, 6.45) is 2.45.